The highest BCUT2D eigenvalue weighted by atomic mass is 16.5. The summed E-state index contributed by atoms with van der Waals surface area (Å²) in [6.45, 7) is 1.42. The summed E-state index contributed by atoms with van der Waals surface area (Å²) >= 11 is 0. The molecular weight excluding hydrogens is 324 g/mol. The van der Waals surface area contributed by atoms with Gasteiger partial charge in [-0.1, -0.05) is 18.2 Å². The summed E-state index contributed by atoms with van der Waals surface area (Å²) < 4.78 is 6.37. The first-order valence-electron chi connectivity index (χ1n) is 7.53. The molecule has 0 fully saturated rings. The zero-order valence-electron chi connectivity index (χ0n) is 14.2. The van der Waals surface area contributed by atoms with Crippen LogP contribution in [0.1, 0.15) is 43.6 Å². The summed E-state index contributed by atoms with van der Waals surface area (Å²) in [4.78, 5) is 47.3. The molecule has 0 unspecified atom stereocenters. The molecule has 0 bridgehead atoms. The number of amides is 1. The minimum absolute atomic E-state index is 0.0297. The van der Waals surface area contributed by atoms with Crippen LogP contribution in [0.5, 0.6) is 0 Å². The van der Waals surface area contributed by atoms with Crippen LogP contribution in [0.3, 0.4) is 0 Å². The maximum absolute atomic E-state index is 12.2. The van der Waals surface area contributed by atoms with Crippen molar-refractivity contribution in [2.24, 2.45) is 7.05 Å². The van der Waals surface area contributed by atoms with Crippen molar-refractivity contribution in [1.82, 2.24) is 9.88 Å². The Bertz CT molecular complexity index is 899. The van der Waals surface area contributed by atoms with Crippen molar-refractivity contribution in [3.8, 4) is 0 Å². The number of ether oxygens (including phenoxy) is 1. The van der Waals surface area contributed by atoms with Crippen molar-refractivity contribution in [3.63, 3.8) is 0 Å². The number of carbonyl (C=O) groups is 3. The van der Waals surface area contributed by atoms with Gasteiger partial charge < -0.3 is 14.6 Å². The maximum Gasteiger partial charge on any atom is 0.339 e. The molecule has 130 valence electrons. The maximum atomic E-state index is 12.2. The van der Waals surface area contributed by atoms with E-state index in [1.54, 1.807) is 24.3 Å². The highest BCUT2D eigenvalue weighted by Gasteiger charge is 2.16. The SMILES string of the molecule is CNC(=O)c1cc(C(=O)OCc2cccc(C(C)=O)c2)cn(C)c1=O. The fourth-order valence-corrected chi connectivity index (χ4v) is 2.23. The third kappa shape index (κ3) is 4.20. The number of pyridine rings is 1. The first-order chi connectivity index (χ1) is 11.8. The lowest BCUT2D eigenvalue weighted by molar-refractivity contribution is 0.0471. The second-order valence-electron chi connectivity index (χ2n) is 5.47. The Morgan fingerprint density at radius 1 is 1.16 bits per heavy atom. The number of carbonyl (C=O) groups excluding carboxylic acids is 3. The van der Waals surface area contributed by atoms with E-state index in [4.69, 9.17) is 4.74 Å². The normalized spacial score (nSPS) is 10.2. The standard InChI is InChI=1S/C18H18N2O5/c1-11(21)13-6-4-5-12(7-13)10-25-18(24)14-8-15(16(22)19-2)17(23)20(3)9-14/h4-9H,10H2,1-3H3,(H,19,22). The van der Waals surface area contributed by atoms with Crippen molar-refractivity contribution in [2.45, 2.75) is 13.5 Å². The lowest BCUT2D eigenvalue weighted by Gasteiger charge is -2.09. The second kappa shape index (κ2) is 7.57. The van der Waals surface area contributed by atoms with Gasteiger partial charge in [-0.25, -0.2) is 4.79 Å². The molecule has 1 aromatic carbocycles. The molecule has 0 atom stereocenters. The fourth-order valence-electron chi connectivity index (χ4n) is 2.23. The van der Waals surface area contributed by atoms with Gasteiger partial charge in [-0.2, -0.15) is 0 Å². The molecule has 0 aliphatic heterocycles. The Hall–Kier alpha value is -3.22. The van der Waals surface area contributed by atoms with Gasteiger partial charge in [0.25, 0.3) is 11.5 Å². The molecule has 0 saturated carbocycles. The number of hydrogen-bond acceptors (Lipinski definition) is 5. The van der Waals surface area contributed by atoms with Crippen LogP contribution in [-0.2, 0) is 18.4 Å². The Morgan fingerprint density at radius 3 is 2.52 bits per heavy atom. The predicted octanol–water partition coefficient (Wildman–Crippen LogP) is 1.30. The monoisotopic (exact) mass is 342 g/mol. The van der Waals surface area contributed by atoms with E-state index in [2.05, 4.69) is 5.32 Å². The van der Waals surface area contributed by atoms with Crippen LogP contribution < -0.4 is 10.9 Å². The van der Waals surface area contributed by atoms with Crippen LogP contribution in [0.15, 0.2) is 41.3 Å². The Kier molecular flexibility index (Phi) is 5.49. The number of Topliss-reactive ketones (excluding diaryl/α,β-unsaturated/α-hetero) is 1. The topological polar surface area (TPSA) is 94.5 Å². The number of benzene rings is 1. The number of nitrogens with one attached hydrogen (secondary N) is 1. The Labute approximate surface area is 144 Å². The van der Waals surface area contributed by atoms with E-state index in [1.807, 2.05) is 0 Å². The predicted molar refractivity (Wildman–Crippen MR) is 90.6 cm³/mol. The average molecular weight is 342 g/mol. The van der Waals surface area contributed by atoms with Crippen LogP contribution in [0.25, 0.3) is 0 Å². The molecule has 7 heteroatoms. The van der Waals surface area contributed by atoms with E-state index >= 15 is 0 Å². The molecule has 0 aliphatic rings. The minimum atomic E-state index is -0.672. The summed E-state index contributed by atoms with van der Waals surface area (Å²) in [5, 5.41) is 2.35. The summed E-state index contributed by atoms with van der Waals surface area (Å²) in [6, 6.07) is 7.96. The molecule has 1 amide bonds. The number of aromatic nitrogens is 1. The van der Waals surface area contributed by atoms with Crippen molar-refractivity contribution >= 4 is 17.7 Å². The highest BCUT2D eigenvalue weighted by molar-refractivity contribution is 5.97. The zero-order chi connectivity index (χ0) is 18.6. The summed E-state index contributed by atoms with van der Waals surface area (Å²) in [6.07, 6.45) is 1.31. The summed E-state index contributed by atoms with van der Waals surface area (Å²) in [5.41, 5.74) is 0.626. The first kappa shape index (κ1) is 18.1. The van der Waals surface area contributed by atoms with Gasteiger partial charge in [0.1, 0.15) is 12.2 Å². The molecule has 2 aromatic rings. The number of ketones is 1. The molecule has 0 spiro atoms. The van der Waals surface area contributed by atoms with Crippen LogP contribution in [0, 0.1) is 0 Å². The van der Waals surface area contributed by atoms with Crippen molar-refractivity contribution in [3.05, 3.63) is 69.1 Å². The first-order valence-corrected chi connectivity index (χ1v) is 7.53. The van der Waals surface area contributed by atoms with Gasteiger partial charge in [0.2, 0.25) is 0 Å². The molecule has 0 aliphatic carbocycles. The van der Waals surface area contributed by atoms with Gasteiger partial charge in [0.15, 0.2) is 5.78 Å². The number of esters is 1. The Morgan fingerprint density at radius 2 is 1.88 bits per heavy atom. The van der Waals surface area contributed by atoms with Crippen LogP contribution in [0.4, 0.5) is 0 Å². The van der Waals surface area contributed by atoms with E-state index in [0.29, 0.717) is 11.1 Å². The third-order valence-corrected chi connectivity index (χ3v) is 3.59. The van der Waals surface area contributed by atoms with Crippen LogP contribution >= 0.6 is 0 Å². The van der Waals surface area contributed by atoms with Crippen LogP contribution in [-0.4, -0.2) is 29.3 Å². The minimum Gasteiger partial charge on any atom is -0.457 e. The van der Waals surface area contributed by atoms with Crippen molar-refractivity contribution < 1.29 is 19.1 Å². The van der Waals surface area contributed by atoms with E-state index in [1.165, 1.54) is 33.3 Å². The molecule has 1 heterocycles. The fraction of sp³-hybridized carbons (Fsp3) is 0.222. The lowest BCUT2D eigenvalue weighted by atomic mass is 10.1. The number of nitrogens with zero attached hydrogens (tertiary/aromatic N) is 1. The third-order valence-electron chi connectivity index (χ3n) is 3.59. The number of hydrogen-bond donors (Lipinski definition) is 1. The lowest BCUT2D eigenvalue weighted by Crippen LogP contribution is -2.31. The molecule has 2 rings (SSSR count). The van der Waals surface area contributed by atoms with Crippen molar-refractivity contribution in [2.75, 3.05) is 7.05 Å². The van der Waals surface area contributed by atoms with Gasteiger partial charge in [-0.05, 0) is 24.6 Å². The summed E-state index contributed by atoms with van der Waals surface area (Å²) in [5.74, 6) is -1.33. The van der Waals surface area contributed by atoms with Gasteiger partial charge in [0.05, 0.1) is 5.56 Å². The molecule has 25 heavy (non-hydrogen) atoms. The molecular formula is C18H18N2O5. The van der Waals surface area contributed by atoms with E-state index in [0.717, 1.165) is 4.57 Å². The molecule has 0 saturated heterocycles. The highest BCUT2D eigenvalue weighted by Crippen LogP contribution is 2.10. The zero-order valence-corrected chi connectivity index (χ0v) is 14.2. The number of rotatable bonds is 5. The van der Waals surface area contributed by atoms with Crippen LogP contribution in [0.2, 0.25) is 0 Å². The second-order valence-corrected chi connectivity index (χ2v) is 5.47. The average Bonchev–Trinajstić information content (AvgIpc) is 2.61. The molecule has 7 nitrogen and oxygen atoms in total. The van der Waals surface area contributed by atoms with Gasteiger partial charge >= 0.3 is 5.97 Å². The van der Waals surface area contributed by atoms with Gasteiger partial charge in [-0.15, -0.1) is 0 Å². The quantitative estimate of drug-likeness (QED) is 0.653. The van der Waals surface area contributed by atoms with E-state index < -0.39 is 17.4 Å². The van der Waals surface area contributed by atoms with Crippen molar-refractivity contribution in [1.29, 1.82) is 0 Å². The molecule has 0 radical (unpaired) electrons. The van der Waals surface area contributed by atoms with Gasteiger partial charge in [-0.3, -0.25) is 14.4 Å². The van der Waals surface area contributed by atoms with Gasteiger partial charge in [0, 0.05) is 25.9 Å². The smallest absolute Gasteiger partial charge is 0.339 e. The molecule has 1 N–H and O–H groups in total. The Balaban J connectivity index is 2.20. The van der Waals surface area contributed by atoms with E-state index in [9.17, 15) is 19.2 Å². The van der Waals surface area contributed by atoms with E-state index in [-0.39, 0.29) is 23.5 Å². The summed E-state index contributed by atoms with van der Waals surface area (Å²) in [7, 11) is 2.84. The largest absolute Gasteiger partial charge is 0.457 e. The molecule has 1 aromatic heterocycles. The number of aryl methyl sites for hydroxylation is 1.